The fourth-order valence-corrected chi connectivity index (χ4v) is 4.70. The lowest BCUT2D eigenvalue weighted by Crippen LogP contribution is -2.42. The molecule has 34 heavy (non-hydrogen) atoms. The predicted molar refractivity (Wildman–Crippen MR) is 122 cm³/mol. The second-order valence-corrected chi connectivity index (χ2v) is 10.9. The van der Waals surface area contributed by atoms with E-state index in [4.69, 9.17) is 18.4 Å². The summed E-state index contributed by atoms with van der Waals surface area (Å²) in [4.78, 5) is 34.9. The third-order valence-electron chi connectivity index (χ3n) is 5.72. The first-order valence-corrected chi connectivity index (χ1v) is 13.3. The summed E-state index contributed by atoms with van der Waals surface area (Å²) < 4.78 is 43.8. The van der Waals surface area contributed by atoms with Gasteiger partial charge in [-0.25, -0.2) is 9.59 Å². The van der Waals surface area contributed by atoms with Crippen LogP contribution < -0.4 is 5.32 Å². The lowest BCUT2D eigenvalue weighted by molar-refractivity contribution is -0.171. The Balaban J connectivity index is 2.39. The van der Waals surface area contributed by atoms with Gasteiger partial charge in [-0.15, -0.1) is 0 Å². The standard InChI is InChI=1S/C22H39NO10S/c1-5-18(17-10-7-6-8-11-17)33-21(27)31-15-30-20(26)19(25)22(3,4)14-32-34(28,29)13-9-12-23-16(2)24/h17-19,25H,5-15H2,1-4H3,(H,23,24)/t18?,19-/m0/s1. The van der Waals surface area contributed by atoms with Crippen molar-refractivity contribution in [2.45, 2.75) is 84.8 Å². The van der Waals surface area contributed by atoms with Crippen LogP contribution in [0.1, 0.15) is 72.6 Å². The summed E-state index contributed by atoms with van der Waals surface area (Å²) in [7, 11) is -3.92. The van der Waals surface area contributed by atoms with Crippen molar-refractivity contribution in [2.24, 2.45) is 11.3 Å². The van der Waals surface area contributed by atoms with Gasteiger partial charge in [0.2, 0.25) is 12.7 Å². The molecule has 0 bridgehead atoms. The number of hydrogen-bond acceptors (Lipinski definition) is 10. The first-order valence-electron chi connectivity index (χ1n) is 11.7. The van der Waals surface area contributed by atoms with E-state index >= 15 is 0 Å². The van der Waals surface area contributed by atoms with E-state index in [1.165, 1.54) is 27.2 Å². The molecule has 0 aliphatic heterocycles. The van der Waals surface area contributed by atoms with Crippen LogP contribution in [0.25, 0.3) is 0 Å². The summed E-state index contributed by atoms with van der Waals surface area (Å²) in [5.74, 6) is -1.41. The van der Waals surface area contributed by atoms with Crippen molar-refractivity contribution in [1.29, 1.82) is 0 Å². The molecule has 12 heteroatoms. The predicted octanol–water partition coefficient (Wildman–Crippen LogP) is 2.26. The quantitative estimate of drug-likeness (QED) is 0.154. The van der Waals surface area contributed by atoms with Crippen LogP contribution in [0, 0.1) is 11.3 Å². The second-order valence-electron chi connectivity index (χ2n) is 9.19. The van der Waals surface area contributed by atoms with Crippen LogP contribution in [0.5, 0.6) is 0 Å². The van der Waals surface area contributed by atoms with Crippen molar-refractivity contribution < 1.29 is 46.3 Å². The van der Waals surface area contributed by atoms with Crippen molar-refractivity contribution in [2.75, 3.05) is 25.7 Å². The summed E-state index contributed by atoms with van der Waals surface area (Å²) in [6.45, 7) is 5.06. The lowest BCUT2D eigenvalue weighted by atomic mass is 9.84. The van der Waals surface area contributed by atoms with E-state index in [1.807, 2.05) is 6.92 Å². The molecule has 0 spiro atoms. The maximum atomic E-state index is 12.1. The molecule has 0 aromatic heterocycles. The molecule has 0 aromatic carbocycles. The molecule has 1 saturated carbocycles. The molecule has 0 saturated heterocycles. The van der Waals surface area contributed by atoms with Gasteiger partial charge in [0, 0.05) is 18.9 Å². The molecule has 11 nitrogen and oxygen atoms in total. The lowest BCUT2D eigenvalue weighted by Gasteiger charge is -2.29. The van der Waals surface area contributed by atoms with Gasteiger partial charge in [-0.2, -0.15) is 8.42 Å². The number of carbonyl (C=O) groups is 3. The number of ether oxygens (including phenoxy) is 3. The Hall–Kier alpha value is -1.92. The molecule has 1 amide bonds. The first kappa shape index (κ1) is 30.1. The third-order valence-corrected chi connectivity index (χ3v) is 6.99. The van der Waals surface area contributed by atoms with E-state index in [9.17, 15) is 27.9 Å². The minimum atomic E-state index is -3.92. The summed E-state index contributed by atoms with van der Waals surface area (Å²) in [6.07, 6.45) is 3.25. The zero-order valence-electron chi connectivity index (χ0n) is 20.5. The van der Waals surface area contributed by atoms with Gasteiger partial charge in [0.15, 0.2) is 6.10 Å². The fourth-order valence-electron chi connectivity index (χ4n) is 3.60. The van der Waals surface area contributed by atoms with Crippen molar-refractivity contribution in [3.63, 3.8) is 0 Å². The van der Waals surface area contributed by atoms with E-state index < -0.39 is 47.2 Å². The van der Waals surface area contributed by atoms with Crippen LogP contribution in [0.3, 0.4) is 0 Å². The number of rotatable bonds is 14. The number of nitrogens with one attached hydrogen (secondary N) is 1. The highest BCUT2D eigenvalue weighted by Crippen LogP contribution is 2.29. The Morgan fingerprint density at radius 1 is 1.12 bits per heavy atom. The number of aliphatic hydroxyl groups excluding tert-OH is 1. The average molecular weight is 510 g/mol. The molecular weight excluding hydrogens is 470 g/mol. The number of hydrogen-bond donors (Lipinski definition) is 2. The van der Waals surface area contributed by atoms with Crippen LogP contribution in [0.15, 0.2) is 0 Å². The molecule has 1 aliphatic rings. The molecule has 1 rings (SSSR count). The smallest absolute Gasteiger partial charge is 0.431 e. The number of carbonyl (C=O) groups excluding carboxylic acids is 3. The number of amides is 1. The Kier molecular flexibility index (Phi) is 12.8. The fraction of sp³-hybridized carbons (Fsp3) is 0.864. The summed E-state index contributed by atoms with van der Waals surface area (Å²) in [5, 5.41) is 12.7. The highest BCUT2D eigenvalue weighted by atomic mass is 32.2. The molecule has 1 aliphatic carbocycles. The van der Waals surface area contributed by atoms with Crippen LogP contribution >= 0.6 is 0 Å². The van der Waals surface area contributed by atoms with Crippen molar-refractivity contribution in [3.05, 3.63) is 0 Å². The minimum absolute atomic E-state index is 0.153. The molecule has 1 fully saturated rings. The van der Waals surface area contributed by atoms with E-state index in [2.05, 4.69) is 5.32 Å². The Morgan fingerprint density at radius 2 is 1.76 bits per heavy atom. The summed E-state index contributed by atoms with van der Waals surface area (Å²) in [5.41, 5.74) is -1.31. The van der Waals surface area contributed by atoms with Crippen LogP contribution in [-0.2, 0) is 38.1 Å². The molecule has 0 heterocycles. The van der Waals surface area contributed by atoms with Gasteiger partial charge in [0.25, 0.3) is 10.1 Å². The van der Waals surface area contributed by atoms with E-state index in [0.717, 1.165) is 25.7 Å². The van der Waals surface area contributed by atoms with E-state index in [-0.39, 0.29) is 36.6 Å². The van der Waals surface area contributed by atoms with Crippen molar-refractivity contribution in [3.8, 4) is 0 Å². The van der Waals surface area contributed by atoms with Gasteiger partial charge in [0.1, 0.15) is 6.10 Å². The molecule has 198 valence electrons. The maximum Gasteiger partial charge on any atom is 0.511 e. The SMILES string of the molecule is CCC(OC(=O)OCOC(=O)[C@H](O)C(C)(C)COS(=O)(=O)CCCNC(C)=O)C1CCCCC1. The maximum absolute atomic E-state index is 12.1. The molecule has 0 aromatic rings. The molecule has 0 radical (unpaired) electrons. The topological polar surface area (TPSA) is 155 Å². The Labute approximate surface area is 202 Å². The van der Waals surface area contributed by atoms with Crippen LogP contribution in [0.2, 0.25) is 0 Å². The number of esters is 1. The highest BCUT2D eigenvalue weighted by Gasteiger charge is 2.37. The molecule has 2 atom stereocenters. The summed E-state index contributed by atoms with van der Waals surface area (Å²) >= 11 is 0. The van der Waals surface area contributed by atoms with Crippen molar-refractivity contribution >= 4 is 28.1 Å². The minimum Gasteiger partial charge on any atom is -0.431 e. The van der Waals surface area contributed by atoms with Gasteiger partial charge in [-0.05, 0) is 31.6 Å². The van der Waals surface area contributed by atoms with Gasteiger partial charge in [-0.1, -0.05) is 40.0 Å². The monoisotopic (exact) mass is 509 g/mol. The zero-order valence-corrected chi connectivity index (χ0v) is 21.4. The second kappa shape index (κ2) is 14.5. The normalized spacial score (nSPS) is 16.9. The van der Waals surface area contributed by atoms with Crippen LogP contribution in [-0.4, -0.2) is 69.5 Å². The highest BCUT2D eigenvalue weighted by molar-refractivity contribution is 7.86. The first-order chi connectivity index (χ1) is 15.9. The largest absolute Gasteiger partial charge is 0.511 e. The average Bonchev–Trinajstić information content (AvgIpc) is 2.79. The van der Waals surface area contributed by atoms with E-state index in [0.29, 0.717) is 6.42 Å². The number of aliphatic hydroxyl groups is 1. The Morgan fingerprint density at radius 3 is 2.35 bits per heavy atom. The molecule has 1 unspecified atom stereocenters. The van der Waals surface area contributed by atoms with Gasteiger partial charge in [0.05, 0.1) is 12.4 Å². The van der Waals surface area contributed by atoms with Crippen molar-refractivity contribution in [1.82, 2.24) is 5.32 Å². The molecule has 2 N–H and O–H groups in total. The van der Waals surface area contributed by atoms with E-state index in [1.54, 1.807) is 0 Å². The molecular formula is C22H39NO10S. The van der Waals surface area contributed by atoms with Crippen LogP contribution in [0.4, 0.5) is 4.79 Å². The Bertz CT molecular complexity index is 762. The van der Waals surface area contributed by atoms with Gasteiger partial charge < -0.3 is 24.6 Å². The third kappa shape index (κ3) is 11.5. The zero-order chi connectivity index (χ0) is 25.8. The van der Waals surface area contributed by atoms with Gasteiger partial charge >= 0.3 is 12.1 Å². The summed E-state index contributed by atoms with van der Waals surface area (Å²) in [6, 6.07) is 0. The van der Waals surface area contributed by atoms with Gasteiger partial charge in [-0.3, -0.25) is 8.98 Å².